The molecule has 1 aromatic carbocycles. The van der Waals surface area contributed by atoms with E-state index >= 15 is 0 Å². The molecule has 38 heavy (non-hydrogen) atoms. The van der Waals surface area contributed by atoms with Gasteiger partial charge in [-0.3, -0.25) is 14.1 Å². The van der Waals surface area contributed by atoms with E-state index in [0.717, 1.165) is 3.57 Å². The van der Waals surface area contributed by atoms with Crippen molar-refractivity contribution < 1.29 is 68.3 Å². The lowest BCUT2D eigenvalue weighted by Crippen LogP contribution is -2.54. The number of fused-ring (bicyclic) bond motifs is 1. The van der Waals surface area contributed by atoms with Crippen molar-refractivity contribution in [2.24, 2.45) is 23.7 Å². The second kappa shape index (κ2) is 9.82. The van der Waals surface area contributed by atoms with Crippen LogP contribution in [-0.2, 0) is 33.9 Å². The van der Waals surface area contributed by atoms with Crippen molar-refractivity contribution in [3.05, 3.63) is 24.8 Å². The molecular formula is C20H15F5I2O10S. The van der Waals surface area contributed by atoms with Crippen LogP contribution < -0.4 is 4.74 Å². The van der Waals surface area contributed by atoms with Gasteiger partial charge in [-0.15, -0.1) is 0 Å². The third kappa shape index (κ3) is 5.04. The van der Waals surface area contributed by atoms with Crippen LogP contribution in [0.1, 0.15) is 12.0 Å². The van der Waals surface area contributed by atoms with Gasteiger partial charge >= 0.3 is 39.6 Å². The number of hydrogen-bond acceptors (Lipinski definition) is 9. The minimum absolute atomic E-state index is 0.0652. The molecule has 0 aromatic heterocycles. The van der Waals surface area contributed by atoms with Gasteiger partial charge < -0.3 is 18.9 Å². The zero-order chi connectivity index (χ0) is 28.5. The molecule has 4 rings (SSSR count). The lowest BCUT2D eigenvalue weighted by Gasteiger charge is -2.32. The number of carbonyl (C=O) groups is 3. The molecule has 1 saturated heterocycles. The van der Waals surface area contributed by atoms with Gasteiger partial charge in [0, 0.05) is 15.4 Å². The molecule has 7 atom stereocenters. The smallest absolute Gasteiger partial charge is 0.458 e. The summed E-state index contributed by atoms with van der Waals surface area (Å²) in [5.74, 6) is -8.10. The van der Waals surface area contributed by atoms with Gasteiger partial charge in [-0.1, -0.05) is 0 Å². The largest absolute Gasteiger partial charge is 0.514 e. The number of ether oxygens (including phenoxy) is 4. The van der Waals surface area contributed by atoms with Gasteiger partial charge in [-0.25, -0.2) is 4.79 Å². The molecule has 2 bridgehead atoms. The van der Waals surface area contributed by atoms with Crippen LogP contribution in [0.5, 0.6) is 5.75 Å². The first-order chi connectivity index (χ1) is 17.3. The number of rotatable bonds is 6. The third-order valence-electron chi connectivity index (χ3n) is 6.61. The van der Waals surface area contributed by atoms with Gasteiger partial charge in [0.1, 0.15) is 12.2 Å². The Balaban J connectivity index is 1.57. The Bertz CT molecular complexity index is 1280. The molecule has 1 heterocycles. The highest BCUT2D eigenvalue weighted by Crippen LogP contribution is 2.59. The van der Waals surface area contributed by atoms with Gasteiger partial charge in [0.05, 0.1) is 15.4 Å². The maximum atomic E-state index is 13.9. The van der Waals surface area contributed by atoms with Crippen LogP contribution in [0, 0.1) is 37.7 Å². The quantitative estimate of drug-likeness (QED) is 0.113. The lowest BCUT2D eigenvalue weighted by atomic mass is 9.78. The molecule has 7 unspecified atom stereocenters. The molecule has 10 nitrogen and oxygen atoms in total. The fraction of sp³-hybridized carbons (Fsp3) is 0.550. The number of hydrogen-bond donors (Lipinski definition) is 1. The standard InChI is InChI=1S/C20H15F5I2O10S/c1-5-2-6(26)3-9(27)12(5)35-18(30)36-14-8-4-7-10(15(28)34-13(7)14)11(8)16(29)37-17(19(21,22)23)20(24,25)38(31,32)33/h2-3,7-8,10-11,13-14,17H,4H2,1H3,(H,31,32,33). The fourth-order valence-corrected chi connectivity index (χ4v) is 7.86. The number of esters is 2. The molecule has 1 aliphatic heterocycles. The van der Waals surface area contributed by atoms with Gasteiger partial charge in [0.15, 0.2) is 5.75 Å². The molecule has 3 fully saturated rings. The van der Waals surface area contributed by atoms with Gasteiger partial charge in [-0.2, -0.15) is 30.4 Å². The Hall–Kier alpha value is -1.55. The number of carbonyl (C=O) groups excluding carboxylic acids is 3. The van der Waals surface area contributed by atoms with Crippen LogP contribution in [0.2, 0.25) is 0 Å². The number of alkyl halides is 5. The summed E-state index contributed by atoms with van der Waals surface area (Å²) in [5, 5.41) is -5.94. The minimum Gasteiger partial charge on any atom is -0.458 e. The van der Waals surface area contributed by atoms with Gasteiger partial charge in [-0.05, 0) is 76.2 Å². The Morgan fingerprint density at radius 3 is 2.34 bits per heavy atom. The zero-order valence-corrected chi connectivity index (χ0v) is 23.7. The van der Waals surface area contributed by atoms with E-state index in [1.54, 1.807) is 19.1 Å². The monoisotopic (exact) mass is 796 g/mol. The molecule has 2 aliphatic carbocycles. The average molecular weight is 796 g/mol. The summed E-state index contributed by atoms with van der Waals surface area (Å²) >= 11 is 3.95. The third-order valence-corrected chi connectivity index (χ3v) is 8.94. The lowest BCUT2D eigenvalue weighted by molar-refractivity contribution is -0.262. The summed E-state index contributed by atoms with van der Waals surface area (Å²) in [6.07, 6.45) is -14.5. The molecule has 210 valence electrons. The molecule has 3 aliphatic rings. The minimum atomic E-state index is -6.66. The summed E-state index contributed by atoms with van der Waals surface area (Å²) in [6, 6.07) is 3.40. The summed E-state index contributed by atoms with van der Waals surface area (Å²) in [6.45, 7) is 1.65. The first kappa shape index (κ1) is 29.4. The molecular weight excluding hydrogens is 781 g/mol. The highest BCUT2D eigenvalue weighted by Gasteiger charge is 2.72. The highest BCUT2D eigenvalue weighted by molar-refractivity contribution is 14.1. The van der Waals surface area contributed by atoms with Crippen LogP contribution in [0.4, 0.5) is 26.7 Å². The Morgan fingerprint density at radius 2 is 1.79 bits per heavy atom. The molecule has 1 aromatic rings. The molecule has 2 saturated carbocycles. The molecule has 0 amide bonds. The van der Waals surface area contributed by atoms with E-state index in [1.165, 1.54) is 0 Å². The van der Waals surface area contributed by atoms with Gasteiger partial charge in [0.25, 0.3) is 6.10 Å². The topological polar surface area (TPSA) is 142 Å². The van der Waals surface area contributed by atoms with E-state index in [1.807, 2.05) is 45.2 Å². The Morgan fingerprint density at radius 1 is 1.16 bits per heavy atom. The molecule has 0 spiro atoms. The molecule has 0 radical (unpaired) electrons. The zero-order valence-electron chi connectivity index (χ0n) is 18.6. The van der Waals surface area contributed by atoms with E-state index in [0.29, 0.717) is 9.13 Å². The Labute approximate surface area is 237 Å². The summed E-state index contributed by atoms with van der Waals surface area (Å²) in [4.78, 5) is 37.7. The van der Waals surface area contributed by atoms with E-state index in [-0.39, 0.29) is 12.2 Å². The van der Waals surface area contributed by atoms with Crippen molar-refractivity contribution in [2.45, 2.75) is 43.1 Å². The van der Waals surface area contributed by atoms with Crippen LogP contribution in [0.25, 0.3) is 0 Å². The van der Waals surface area contributed by atoms with Crippen LogP contribution in [0.15, 0.2) is 12.1 Å². The number of aryl methyl sites for hydroxylation is 1. The van der Waals surface area contributed by atoms with Crippen molar-refractivity contribution in [2.75, 3.05) is 0 Å². The highest BCUT2D eigenvalue weighted by atomic mass is 127. The van der Waals surface area contributed by atoms with Crippen LogP contribution in [0.3, 0.4) is 0 Å². The first-order valence-electron chi connectivity index (χ1n) is 10.5. The number of benzene rings is 1. The normalized spacial score (nSPS) is 29.1. The van der Waals surface area contributed by atoms with Gasteiger partial charge in [0.2, 0.25) is 0 Å². The van der Waals surface area contributed by atoms with Crippen molar-refractivity contribution in [3.8, 4) is 5.75 Å². The van der Waals surface area contributed by atoms with Crippen molar-refractivity contribution in [1.29, 1.82) is 0 Å². The second-order valence-corrected chi connectivity index (χ2v) is 12.8. The van der Waals surface area contributed by atoms with Crippen LogP contribution in [-0.4, -0.2) is 60.8 Å². The fourth-order valence-electron chi connectivity index (χ4n) is 5.16. The van der Waals surface area contributed by atoms with Crippen LogP contribution >= 0.6 is 45.2 Å². The SMILES string of the molecule is Cc1cc(I)cc(I)c1OC(=O)OC1C2CC3C1OC(=O)C3C2C(=O)OC(C(F)(F)F)C(F)(F)S(=O)(=O)O. The predicted molar refractivity (Wildman–Crippen MR) is 128 cm³/mol. The maximum absolute atomic E-state index is 13.9. The summed E-state index contributed by atoms with van der Waals surface area (Å²) in [7, 11) is -6.66. The van der Waals surface area contributed by atoms with E-state index < -0.39 is 81.6 Å². The van der Waals surface area contributed by atoms with E-state index in [4.69, 9.17) is 18.8 Å². The van der Waals surface area contributed by atoms with E-state index in [9.17, 15) is 44.8 Å². The van der Waals surface area contributed by atoms with Crippen molar-refractivity contribution in [1.82, 2.24) is 0 Å². The second-order valence-electron chi connectivity index (χ2n) is 8.88. The maximum Gasteiger partial charge on any atom is 0.514 e. The summed E-state index contributed by atoms with van der Waals surface area (Å²) < 4.78 is 119. The molecule has 18 heteroatoms. The predicted octanol–water partition coefficient (Wildman–Crippen LogP) is 3.85. The first-order valence-corrected chi connectivity index (χ1v) is 14.1. The molecule has 1 N–H and O–H groups in total. The summed E-state index contributed by atoms with van der Waals surface area (Å²) in [5.41, 5.74) is 0.568. The average Bonchev–Trinajstić information content (AvgIpc) is 3.36. The Kier molecular flexibility index (Phi) is 7.61. The number of halogens is 7. The van der Waals surface area contributed by atoms with Crippen molar-refractivity contribution >= 4 is 73.4 Å². The van der Waals surface area contributed by atoms with Crippen molar-refractivity contribution in [3.63, 3.8) is 0 Å². The van der Waals surface area contributed by atoms with E-state index in [2.05, 4.69) is 4.74 Å².